The fourth-order valence-electron chi connectivity index (χ4n) is 2.00. The van der Waals surface area contributed by atoms with E-state index in [1.54, 1.807) is 4.57 Å². The molecule has 0 saturated heterocycles. The van der Waals surface area contributed by atoms with Crippen LogP contribution in [0, 0.1) is 0 Å². The van der Waals surface area contributed by atoms with Gasteiger partial charge in [0.2, 0.25) is 5.78 Å². The van der Waals surface area contributed by atoms with Crippen LogP contribution in [0.4, 0.5) is 0 Å². The summed E-state index contributed by atoms with van der Waals surface area (Å²) in [5.41, 5.74) is -0.0503. The van der Waals surface area contributed by atoms with E-state index >= 15 is 0 Å². The van der Waals surface area contributed by atoms with Crippen molar-refractivity contribution in [1.29, 1.82) is 0 Å². The Morgan fingerprint density at radius 1 is 1.25 bits per heavy atom. The number of carboxylic acids is 1. The van der Waals surface area contributed by atoms with Crippen LogP contribution in [0.3, 0.4) is 0 Å². The number of carboxylic acid groups (broad SMARTS) is 1. The number of aromatic carboxylic acids is 1. The van der Waals surface area contributed by atoms with Crippen molar-refractivity contribution in [2.75, 3.05) is 0 Å². The molecule has 0 spiro atoms. The van der Waals surface area contributed by atoms with E-state index in [1.807, 2.05) is 30.3 Å². The van der Waals surface area contributed by atoms with Crippen molar-refractivity contribution in [3.05, 3.63) is 64.3 Å². The second kappa shape index (κ2) is 4.61. The molecule has 0 radical (unpaired) electrons. The Kier molecular flexibility index (Phi) is 2.79. The first-order chi connectivity index (χ1) is 9.66. The number of aromatic nitrogens is 4. The zero-order valence-electron chi connectivity index (χ0n) is 10.3. The quantitative estimate of drug-likeness (QED) is 0.754. The predicted molar refractivity (Wildman–Crippen MR) is 69.8 cm³/mol. The van der Waals surface area contributed by atoms with Crippen molar-refractivity contribution in [3.63, 3.8) is 0 Å². The molecule has 2 aromatic heterocycles. The monoisotopic (exact) mass is 270 g/mol. The van der Waals surface area contributed by atoms with Crippen LogP contribution in [-0.4, -0.2) is 30.2 Å². The summed E-state index contributed by atoms with van der Waals surface area (Å²) in [6.07, 6.45) is 2.52. The van der Waals surface area contributed by atoms with Gasteiger partial charge in [-0.15, -0.1) is 0 Å². The molecule has 0 saturated carbocycles. The molecule has 1 aromatic carbocycles. The smallest absolute Gasteiger partial charge is 0.342 e. The first-order valence-electron chi connectivity index (χ1n) is 5.87. The molecule has 0 amide bonds. The minimum atomic E-state index is -1.28. The van der Waals surface area contributed by atoms with Crippen LogP contribution >= 0.6 is 0 Å². The van der Waals surface area contributed by atoms with Crippen LogP contribution in [0.5, 0.6) is 0 Å². The lowest BCUT2D eigenvalue weighted by atomic mass is 10.2. The standard InChI is InChI=1S/C13H10N4O3/c18-11-10(12(19)20)7-16(13-14-8-15-17(11)13)6-9-4-2-1-3-5-9/h1-5,7-8H,6H2,(H,19,20). The molecule has 0 fully saturated rings. The van der Waals surface area contributed by atoms with Gasteiger partial charge in [0.1, 0.15) is 11.9 Å². The van der Waals surface area contributed by atoms with E-state index in [4.69, 9.17) is 5.11 Å². The summed E-state index contributed by atoms with van der Waals surface area (Å²) in [4.78, 5) is 27.0. The summed E-state index contributed by atoms with van der Waals surface area (Å²) < 4.78 is 2.58. The average molecular weight is 270 g/mol. The highest BCUT2D eigenvalue weighted by Gasteiger charge is 2.15. The fraction of sp³-hybridized carbons (Fsp3) is 0.0769. The minimum Gasteiger partial charge on any atom is -0.477 e. The largest absolute Gasteiger partial charge is 0.477 e. The van der Waals surface area contributed by atoms with Crippen molar-refractivity contribution < 1.29 is 9.90 Å². The van der Waals surface area contributed by atoms with Crippen molar-refractivity contribution in [3.8, 4) is 0 Å². The van der Waals surface area contributed by atoms with Gasteiger partial charge in [-0.1, -0.05) is 30.3 Å². The number of carbonyl (C=O) groups is 1. The lowest BCUT2D eigenvalue weighted by molar-refractivity contribution is 0.0693. The van der Waals surface area contributed by atoms with E-state index in [0.717, 1.165) is 10.1 Å². The molecule has 0 unspecified atom stereocenters. The SMILES string of the molecule is O=C(O)c1cn(Cc2ccccc2)c2ncnn2c1=O. The number of fused-ring (bicyclic) bond motifs is 1. The van der Waals surface area contributed by atoms with Gasteiger partial charge in [-0.2, -0.15) is 14.6 Å². The van der Waals surface area contributed by atoms with Gasteiger partial charge in [0.25, 0.3) is 5.56 Å². The molecular formula is C13H10N4O3. The van der Waals surface area contributed by atoms with Gasteiger partial charge < -0.3 is 9.67 Å². The van der Waals surface area contributed by atoms with E-state index in [-0.39, 0.29) is 5.56 Å². The van der Waals surface area contributed by atoms with E-state index < -0.39 is 11.5 Å². The highest BCUT2D eigenvalue weighted by molar-refractivity contribution is 5.86. The lowest BCUT2D eigenvalue weighted by Crippen LogP contribution is -2.26. The summed E-state index contributed by atoms with van der Waals surface area (Å²) in [6.45, 7) is 0.406. The van der Waals surface area contributed by atoms with Crippen molar-refractivity contribution >= 4 is 11.7 Å². The Balaban J connectivity index is 2.20. The Hall–Kier alpha value is -2.96. The summed E-state index contributed by atoms with van der Waals surface area (Å²) >= 11 is 0. The molecule has 2 heterocycles. The number of nitrogens with zero attached hydrogens (tertiary/aromatic N) is 4. The van der Waals surface area contributed by atoms with E-state index in [9.17, 15) is 9.59 Å². The second-order valence-electron chi connectivity index (χ2n) is 4.24. The highest BCUT2D eigenvalue weighted by atomic mass is 16.4. The maximum Gasteiger partial charge on any atom is 0.342 e. The lowest BCUT2D eigenvalue weighted by Gasteiger charge is -2.08. The molecule has 7 nitrogen and oxygen atoms in total. The molecule has 20 heavy (non-hydrogen) atoms. The zero-order valence-corrected chi connectivity index (χ0v) is 10.3. The molecule has 3 aromatic rings. The Bertz CT molecular complexity index is 836. The van der Waals surface area contributed by atoms with E-state index in [2.05, 4.69) is 10.1 Å². The van der Waals surface area contributed by atoms with Gasteiger partial charge >= 0.3 is 5.97 Å². The maximum atomic E-state index is 11.9. The highest BCUT2D eigenvalue weighted by Crippen LogP contribution is 2.06. The van der Waals surface area contributed by atoms with Gasteiger partial charge in [0, 0.05) is 6.20 Å². The summed E-state index contributed by atoms with van der Waals surface area (Å²) in [6, 6.07) is 9.48. The third-order valence-corrected chi connectivity index (χ3v) is 2.92. The first-order valence-corrected chi connectivity index (χ1v) is 5.87. The number of hydrogen-bond acceptors (Lipinski definition) is 4. The molecule has 0 aliphatic heterocycles. The maximum absolute atomic E-state index is 11.9. The third-order valence-electron chi connectivity index (χ3n) is 2.92. The van der Waals surface area contributed by atoms with E-state index in [1.165, 1.54) is 12.5 Å². The summed E-state index contributed by atoms with van der Waals surface area (Å²) in [5, 5.41) is 12.9. The zero-order chi connectivity index (χ0) is 14.1. The molecular weight excluding hydrogens is 260 g/mol. The van der Waals surface area contributed by atoms with Gasteiger partial charge in [-0.3, -0.25) is 4.79 Å². The number of hydrogen-bond donors (Lipinski definition) is 1. The van der Waals surface area contributed by atoms with Gasteiger partial charge in [-0.25, -0.2) is 4.79 Å². The van der Waals surface area contributed by atoms with Crippen LogP contribution < -0.4 is 5.56 Å². The Morgan fingerprint density at radius 3 is 2.70 bits per heavy atom. The van der Waals surface area contributed by atoms with Crippen LogP contribution in [0.1, 0.15) is 15.9 Å². The predicted octanol–water partition coefficient (Wildman–Crippen LogP) is 0.637. The molecule has 3 rings (SSSR count). The normalized spacial score (nSPS) is 10.8. The Labute approximate surface area is 112 Å². The number of rotatable bonds is 3. The fourth-order valence-corrected chi connectivity index (χ4v) is 2.00. The van der Waals surface area contributed by atoms with E-state index in [0.29, 0.717) is 12.3 Å². The first kappa shape index (κ1) is 12.1. The van der Waals surface area contributed by atoms with Gasteiger partial charge in [0.15, 0.2) is 0 Å². The van der Waals surface area contributed by atoms with Crippen LogP contribution in [-0.2, 0) is 6.54 Å². The minimum absolute atomic E-state index is 0.309. The molecule has 1 N–H and O–H groups in total. The van der Waals surface area contributed by atoms with Gasteiger partial charge in [0.05, 0.1) is 6.54 Å². The Morgan fingerprint density at radius 2 is 2.00 bits per heavy atom. The topological polar surface area (TPSA) is 89.5 Å². The second-order valence-corrected chi connectivity index (χ2v) is 4.24. The van der Waals surface area contributed by atoms with Crippen molar-refractivity contribution in [1.82, 2.24) is 19.2 Å². The number of benzene rings is 1. The summed E-state index contributed by atoms with van der Waals surface area (Å²) in [7, 11) is 0. The van der Waals surface area contributed by atoms with Crippen LogP contribution in [0.15, 0.2) is 47.7 Å². The average Bonchev–Trinajstić information content (AvgIpc) is 2.93. The van der Waals surface area contributed by atoms with Crippen molar-refractivity contribution in [2.24, 2.45) is 0 Å². The van der Waals surface area contributed by atoms with Crippen LogP contribution in [0.2, 0.25) is 0 Å². The third kappa shape index (κ3) is 1.95. The summed E-state index contributed by atoms with van der Waals surface area (Å²) in [5.74, 6) is -0.974. The molecule has 0 aliphatic carbocycles. The molecule has 0 aliphatic rings. The molecule has 7 heteroatoms. The van der Waals surface area contributed by atoms with Crippen LogP contribution in [0.25, 0.3) is 5.78 Å². The van der Waals surface area contributed by atoms with Crippen molar-refractivity contribution in [2.45, 2.75) is 6.54 Å². The molecule has 0 atom stereocenters. The molecule has 100 valence electrons. The van der Waals surface area contributed by atoms with Gasteiger partial charge in [-0.05, 0) is 5.56 Å². The molecule has 0 bridgehead atoms.